The number of ether oxygens (including phenoxy) is 1. The van der Waals surface area contributed by atoms with Crippen LogP contribution in [0.25, 0.3) is 0 Å². The van der Waals surface area contributed by atoms with Crippen LogP contribution in [0, 0.1) is 5.92 Å². The highest BCUT2D eigenvalue weighted by molar-refractivity contribution is 6.36. The van der Waals surface area contributed by atoms with Gasteiger partial charge in [0.1, 0.15) is 11.8 Å². The molecule has 168 valence electrons. The number of halogens is 2. The zero-order chi connectivity index (χ0) is 23.1. The Morgan fingerprint density at radius 3 is 2.39 bits per heavy atom. The quantitative estimate of drug-likeness (QED) is 0.582. The lowest BCUT2D eigenvalue weighted by molar-refractivity contribution is -0.124. The maximum absolute atomic E-state index is 12.9. The molecule has 0 saturated carbocycles. The normalized spacial score (nSPS) is 13.1. The van der Waals surface area contributed by atoms with Gasteiger partial charge in [-0.2, -0.15) is 0 Å². The lowest BCUT2D eigenvalue weighted by Crippen LogP contribution is -2.51. The molecule has 0 spiro atoms. The van der Waals surface area contributed by atoms with Crippen molar-refractivity contribution in [3.63, 3.8) is 0 Å². The Morgan fingerprint density at radius 1 is 1.10 bits per heavy atom. The third-order valence-corrected chi connectivity index (χ3v) is 5.53. The second-order valence-electron chi connectivity index (χ2n) is 7.82. The predicted molar refractivity (Wildman–Crippen MR) is 125 cm³/mol. The van der Waals surface area contributed by atoms with Gasteiger partial charge in [0.2, 0.25) is 5.91 Å². The van der Waals surface area contributed by atoms with Crippen molar-refractivity contribution in [3.8, 4) is 5.75 Å². The highest BCUT2D eigenvalue weighted by Gasteiger charge is 2.26. The molecular weight excluding hydrogens is 437 g/mol. The Hall–Kier alpha value is -2.28. The van der Waals surface area contributed by atoms with Crippen molar-refractivity contribution in [1.29, 1.82) is 0 Å². The van der Waals surface area contributed by atoms with E-state index >= 15 is 0 Å². The molecule has 0 aliphatic rings. The van der Waals surface area contributed by atoms with Crippen LogP contribution in [0.3, 0.4) is 0 Å². The zero-order valence-corrected chi connectivity index (χ0v) is 19.9. The number of benzene rings is 2. The third-order valence-electron chi connectivity index (χ3n) is 4.98. The summed E-state index contributed by atoms with van der Waals surface area (Å²) in [6.45, 7) is 4.12. The minimum Gasteiger partial charge on any atom is -0.497 e. The van der Waals surface area contributed by atoms with Crippen molar-refractivity contribution in [2.75, 3.05) is 27.7 Å². The first kappa shape index (κ1) is 25.0. The van der Waals surface area contributed by atoms with Crippen LogP contribution < -0.4 is 15.4 Å². The van der Waals surface area contributed by atoms with Crippen LogP contribution in [0.5, 0.6) is 5.75 Å². The standard InChI is InChI=1S/C23H29Cl2N3O3/c1-14(2)21(27-22(29)18-10-9-16(24)12-19(18)25)23(30)26-13-20(28(3)4)15-7-6-8-17(11-15)31-5/h6-12,14,20-21H,13H2,1-5H3,(H,26,30)(H,27,29)/t20-,21-/m1/s1. The molecule has 2 atom stereocenters. The van der Waals surface area contributed by atoms with Gasteiger partial charge < -0.3 is 20.3 Å². The molecule has 31 heavy (non-hydrogen) atoms. The fourth-order valence-electron chi connectivity index (χ4n) is 3.18. The van der Waals surface area contributed by atoms with Gasteiger partial charge in [0.05, 0.1) is 23.7 Å². The number of hydrogen-bond acceptors (Lipinski definition) is 4. The number of nitrogens with zero attached hydrogens (tertiary/aromatic N) is 1. The zero-order valence-electron chi connectivity index (χ0n) is 18.4. The summed E-state index contributed by atoms with van der Waals surface area (Å²) in [5.41, 5.74) is 1.29. The molecule has 0 aliphatic heterocycles. The number of amides is 2. The molecule has 0 aliphatic carbocycles. The number of carbonyl (C=O) groups excluding carboxylic acids is 2. The summed E-state index contributed by atoms with van der Waals surface area (Å²) in [6.07, 6.45) is 0. The molecule has 2 amide bonds. The molecule has 0 fully saturated rings. The van der Waals surface area contributed by atoms with E-state index in [0.717, 1.165) is 11.3 Å². The van der Waals surface area contributed by atoms with Crippen LogP contribution in [0.2, 0.25) is 10.0 Å². The summed E-state index contributed by atoms with van der Waals surface area (Å²) < 4.78 is 5.31. The van der Waals surface area contributed by atoms with E-state index in [0.29, 0.717) is 11.6 Å². The van der Waals surface area contributed by atoms with Crippen molar-refractivity contribution >= 4 is 35.0 Å². The topological polar surface area (TPSA) is 70.7 Å². The lowest BCUT2D eigenvalue weighted by atomic mass is 10.0. The van der Waals surface area contributed by atoms with Crippen molar-refractivity contribution in [3.05, 3.63) is 63.6 Å². The fraction of sp³-hybridized carbons (Fsp3) is 0.391. The van der Waals surface area contributed by atoms with E-state index in [2.05, 4.69) is 10.6 Å². The van der Waals surface area contributed by atoms with Crippen molar-refractivity contribution in [2.45, 2.75) is 25.9 Å². The SMILES string of the molecule is COc1cccc([C@@H](CNC(=O)[C@H](NC(=O)c2ccc(Cl)cc2Cl)C(C)C)N(C)C)c1. The van der Waals surface area contributed by atoms with Gasteiger partial charge in [0.15, 0.2) is 0 Å². The Bertz CT molecular complexity index is 919. The number of rotatable bonds is 9. The first-order valence-electron chi connectivity index (χ1n) is 9.98. The summed E-state index contributed by atoms with van der Waals surface area (Å²) >= 11 is 12.0. The first-order valence-corrected chi connectivity index (χ1v) is 10.7. The molecule has 0 unspecified atom stereocenters. The minimum absolute atomic E-state index is 0.0618. The Labute approximate surface area is 193 Å². The average molecular weight is 466 g/mol. The van der Waals surface area contributed by atoms with Crippen LogP contribution in [-0.4, -0.2) is 50.5 Å². The molecule has 0 radical (unpaired) electrons. The summed E-state index contributed by atoms with van der Waals surface area (Å²) in [4.78, 5) is 27.7. The summed E-state index contributed by atoms with van der Waals surface area (Å²) in [6, 6.07) is 11.6. The summed E-state index contributed by atoms with van der Waals surface area (Å²) in [5.74, 6) is -0.0526. The number of methoxy groups -OCH3 is 1. The van der Waals surface area contributed by atoms with Crippen LogP contribution >= 0.6 is 23.2 Å². The van der Waals surface area contributed by atoms with Gasteiger partial charge in [-0.05, 0) is 55.9 Å². The Balaban J connectivity index is 2.11. The van der Waals surface area contributed by atoms with Crippen molar-refractivity contribution < 1.29 is 14.3 Å². The van der Waals surface area contributed by atoms with E-state index in [1.165, 1.54) is 6.07 Å². The number of likely N-dealkylation sites (N-methyl/N-ethyl adjacent to an activating group) is 1. The monoisotopic (exact) mass is 465 g/mol. The number of hydrogen-bond donors (Lipinski definition) is 2. The van der Waals surface area contributed by atoms with E-state index in [-0.39, 0.29) is 28.5 Å². The van der Waals surface area contributed by atoms with Crippen LogP contribution in [0.15, 0.2) is 42.5 Å². The molecule has 0 aromatic heterocycles. The van der Waals surface area contributed by atoms with Gasteiger partial charge in [-0.3, -0.25) is 9.59 Å². The predicted octanol–water partition coefficient (Wildman–Crippen LogP) is 4.18. The third kappa shape index (κ3) is 6.86. The summed E-state index contributed by atoms with van der Waals surface area (Å²) in [5, 5.41) is 6.44. The van der Waals surface area contributed by atoms with Gasteiger partial charge in [-0.1, -0.05) is 49.2 Å². The smallest absolute Gasteiger partial charge is 0.253 e. The average Bonchev–Trinajstić information content (AvgIpc) is 2.71. The lowest BCUT2D eigenvalue weighted by Gasteiger charge is -2.27. The van der Waals surface area contributed by atoms with Gasteiger partial charge in [-0.25, -0.2) is 0 Å². The Morgan fingerprint density at radius 2 is 1.81 bits per heavy atom. The number of nitrogens with one attached hydrogen (secondary N) is 2. The molecule has 8 heteroatoms. The van der Waals surface area contributed by atoms with Crippen LogP contribution in [-0.2, 0) is 4.79 Å². The van der Waals surface area contributed by atoms with E-state index in [1.807, 2.05) is 57.1 Å². The molecule has 2 aromatic carbocycles. The van der Waals surface area contributed by atoms with Gasteiger partial charge >= 0.3 is 0 Å². The maximum Gasteiger partial charge on any atom is 0.253 e. The molecule has 0 heterocycles. The molecule has 2 N–H and O–H groups in total. The van der Waals surface area contributed by atoms with Gasteiger partial charge in [0, 0.05) is 11.6 Å². The second-order valence-corrected chi connectivity index (χ2v) is 8.66. The second kappa shape index (κ2) is 11.4. The van der Waals surface area contributed by atoms with Crippen molar-refractivity contribution in [1.82, 2.24) is 15.5 Å². The van der Waals surface area contributed by atoms with Crippen molar-refractivity contribution in [2.24, 2.45) is 5.92 Å². The Kier molecular flexibility index (Phi) is 9.16. The molecule has 2 aromatic rings. The van der Waals surface area contributed by atoms with E-state index < -0.39 is 11.9 Å². The van der Waals surface area contributed by atoms with E-state index in [9.17, 15) is 9.59 Å². The molecule has 0 saturated heterocycles. The van der Waals surface area contributed by atoms with Crippen LogP contribution in [0.1, 0.15) is 35.8 Å². The van der Waals surface area contributed by atoms with E-state index in [4.69, 9.17) is 27.9 Å². The maximum atomic E-state index is 12.9. The fourth-order valence-corrected chi connectivity index (χ4v) is 3.68. The first-order chi connectivity index (χ1) is 14.6. The molecule has 2 rings (SSSR count). The minimum atomic E-state index is -0.715. The van der Waals surface area contributed by atoms with Crippen LogP contribution in [0.4, 0.5) is 0 Å². The van der Waals surface area contributed by atoms with Gasteiger partial charge in [-0.15, -0.1) is 0 Å². The van der Waals surface area contributed by atoms with E-state index in [1.54, 1.807) is 19.2 Å². The largest absolute Gasteiger partial charge is 0.497 e. The van der Waals surface area contributed by atoms with Gasteiger partial charge in [0.25, 0.3) is 5.91 Å². The molecular formula is C23H29Cl2N3O3. The molecule has 0 bridgehead atoms. The molecule has 6 nitrogen and oxygen atoms in total. The number of carbonyl (C=O) groups is 2. The highest BCUT2D eigenvalue weighted by Crippen LogP contribution is 2.23. The summed E-state index contributed by atoms with van der Waals surface area (Å²) in [7, 11) is 5.51. The highest BCUT2D eigenvalue weighted by atomic mass is 35.5.